The van der Waals surface area contributed by atoms with Crippen LogP contribution in [0.15, 0.2) is 16.6 Å². The van der Waals surface area contributed by atoms with Gasteiger partial charge in [-0.25, -0.2) is 0 Å². The monoisotopic (exact) mass is 230 g/mol. The summed E-state index contributed by atoms with van der Waals surface area (Å²) in [6.07, 6.45) is 0. The quantitative estimate of drug-likeness (QED) is 0.766. The van der Waals surface area contributed by atoms with Gasteiger partial charge in [0.15, 0.2) is 0 Å². The maximum atomic E-state index is 5.76. The van der Waals surface area contributed by atoms with Crippen molar-refractivity contribution >= 4 is 27.3 Å². The van der Waals surface area contributed by atoms with Crippen molar-refractivity contribution in [1.29, 1.82) is 0 Å². The zero-order chi connectivity index (χ0) is 9.14. The Hall–Kier alpha value is -0.900. The number of nitrogen functional groups attached to an aromatic ring is 1. The third-order valence-electron chi connectivity index (χ3n) is 1.60. The first-order chi connectivity index (χ1) is 5.69. The predicted molar refractivity (Wildman–Crippen MR) is 54.7 cm³/mol. The Kier molecular flexibility index (Phi) is 2.81. The summed E-state index contributed by atoms with van der Waals surface area (Å²) in [6, 6.07) is 3.73. The van der Waals surface area contributed by atoms with Crippen molar-refractivity contribution in [3.63, 3.8) is 0 Å². The van der Waals surface area contributed by atoms with Crippen LogP contribution in [-0.4, -0.2) is 14.2 Å². The summed E-state index contributed by atoms with van der Waals surface area (Å²) in [7, 11) is 3.41. The molecular formula is C8H11BrN2O. The highest BCUT2D eigenvalue weighted by molar-refractivity contribution is 9.10. The van der Waals surface area contributed by atoms with E-state index < -0.39 is 0 Å². The van der Waals surface area contributed by atoms with E-state index >= 15 is 0 Å². The summed E-state index contributed by atoms with van der Waals surface area (Å²) in [6.45, 7) is 0. The van der Waals surface area contributed by atoms with Crippen LogP contribution >= 0.6 is 15.9 Å². The van der Waals surface area contributed by atoms with Crippen molar-refractivity contribution in [3.05, 3.63) is 16.6 Å². The number of benzene rings is 1. The van der Waals surface area contributed by atoms with Crippen molar-refractivity contribution in [1.82, 2.24) is 0 Å². The smallest absolute Gasteiger partial charge is 0.145 e. The van der Waals surface area contributed by atoms with Crippen LogP contribution in [0.4, 0.5) is 11.4 Å². The van der Waals surface area contributed by atoms with Crippen LogP contribution in [0.2, 0.25) is 0 Å². The molecule has 0 aliphatic heterocycles. The van der Waals surface area contributed by atoms with Crippen LogP contribution in [0, 0.1) is 0 Å². The average molecular weight is 231 g/mol. The highest BCUT2D eigenvalue weighted by atomic mass is 79.9. The van der Waals surface area contributed by atoms with Gasteiger partial charge in [-0.1, -0.05) is 15.9 Å². The molecule has 12 heavy (non-hydrogen) atoms. The number of nitrogens with two attached hydrogens (primary N) is 1. The minimum atomic E-state index is 0.628. The van der Waals surface area contributed by atoms with Crippen molar-refractivity contribution in [2.45, 2.75) is 0 Å². The van der Waals surface area contributed by atoms with Gasteiger partial charge in [0.2, 0.25) is 0 Å². The number of nitrogens with one attached hydrogen (secondary N) is 1. The SMILES string of the molecule is CNc1cc(Br)cc(OC)c1N. The van der Waals surface area contributed by atoms with E-state index in [0.717, 1.165) is 10.2 Å². The number of hydrogen-bond acceptors (Lipinski definition) is 3. The molecule has 0 radical (unpaired) electrons. The summed E-state index contributed by atoms with van der Waals surface area (Å²) in [5, 5.41) is 2.98. The molecule has 3 N–H and O–H groups in total. The van der Waals surface area contributed by atoms with E-state index in [9.17, 15) is 0 Å². The van der Waals surface area contributed by atoms with Gasteiger partial charge >= 0.3 is 0 Å². The molecule has 0 unspecified atom stereocenters. The Balaban J connectivity index is 3.22. The van der Waals surface area contributed by atoms with E-state index in [1.807, 2.05) is 19.2 Å². The summed E-state index contributed by atoms with van der Waals surface area (Å²) in [5.74, 6) is 0.675. The number of hydrogen-bond donors (Lipinski definition) is 2. The second-order valence-corrected chi connectivity index (χ2v) is 3.23. The van der Waals surface area contributed by atoms with Gasteiger partial charge in [0, 0.05) is 11.5 Å². The number of methoxy groups -OCH3 is 1. The molecule has 0 bridgehead atoms. The molecule has 1 aromatic rings. The molecule has 0 aliphatic rings. The molecule has 1 rings (SSSR count). The van der Waals surface area contributed by atoms with E-state index in [1.165, 1.54) is 0 Å². The Morgan fingerprint density at radius 2 is 2.17 bits per heavy atom. The number of halogens is 1. The van der Waals surface area contributed by atoms with Gasteiger partial charge in [-0.05, 0) is 12.1 Å². The molecule has 1 aromatic carbocycles. The van der Waals surface area contributed by atoms with Crippen LogP contribution < -0.4 is 15.8 Å². The summed E-state index contributed by atoms with van der Waals surface area (Å²) < 4.78 is 6.02. The molecule has 0 amide bonds. The molecule has 4 heteroatoms. The van der Waals surface area contributed by atoms with Gasteiger partial charge in [0.25, 0.3) is 0 Å². The largest absolute Gasteiger partial charge is 0.494 e. The molecule has 0 saturated carbocycles. The van der Waals surface area contributed by atoms with Crippen molar-refractivity contribution in [3.8, 4) is 5.75 Å². The third-order valence-corrected chi connectivity index (χ3v) is 2.05. The minimum absolute atomic E-state index is 0.628. The number of rotatable bonds is 2. The fraction of sp³-hybridized carbons (Fsp3) is 0.250. The lowest BCUT2D eigenvalue weighted by atomic mass is 10.2. The minimum Gasteiger partial charge on any atom is -0.494 e. The van der Waals surface area contributed by atoms with Crippen LogP contribution in [0.1, 0.15) is 0 Å². The van der Waals surface area contributed by atoms with E-state index in [2.05, 4.69) is 21.2 Å². The van der Waals surface area contributed by atoms with Gasteiger partial charge in [0.1, 0.15) is 5.75 Å². The molecule has 0 aromatic heterocycles. The Morgan fingerprint density at radius 3 is 2.67 bits per heavy atom. The van der Waals surface area contributed by atoms with E-state index in [-0.39, 0.29) is 0 Å². The first kappa shape index (κ1) is 9.19. The molecule has 66 valence electrons. The zero-order valence-corrected chi connectivity index (χ0v) is 8.60. The van der Waals surface area contributed by atoms with Crippen LogP contribution in [0.25, 0.3) is 0 Å². The summed E-state index contributed by atoms with van der Waals surface area (Å²) in [5.41, 5.74) is 7.26. The molecule has 3 nitrogen and oxygen atoms in total. The lowest BCUT2D eigenvalue weighted by Crippen LogP contribution is -1.98. The van der Waals surface area contributed by atoms with Crippen molar-refractivity contribution in [2.24, 2.45) is 0 Å². The van der Waals surface area contributed by atoms with Gasteiger partial charge in [0.05, 0.1) is 18.5 Å². The van der Waals surface area contributed by atoms with Gasteiger partial charge in [-0.15, -0.1) is 0 Å². The Bertz CT molecular complexity index is 263. The molecule has 0 spiro atoms. The van der Waals surface area contributed by atoms with E-state index in [1.54, 1.807) is 7.11 Å². The second-order valence-electron chi connectivity index (χ2n) is 2.32. The molecule has 0 saturated heterocycles. The molecule has 0 heterocycles. The fourth-order valence-corrected chi connectivity index (χ4v) is 1.41. The lowest BCUT2D eigenvalue weighted by Gasteiger charge is -2.10. The average Bonchev–Trinajstić information content (AvgIpc) is 2.08. The van der Waals surface area contributed by atoms with Crippen LogP contribution in [0.3, 0.4) is 0 Å². The van der Waals surface area contributed by atoms with Crippen molar-refractivity contribution in [2.75, 3.05) is 25.2 Å². The van der Waals surface area contributed by atoms with Gasteiger partial charge in [-0.3, -0.25) is 0 Å². The van der Waals surface area contributed by atoms with Crippen molar-refractivity contribution < 1.29 is 4.74 Å². The Morgan fingerprint density at radius 1 is 1.50 bits per heavy atom. The molecule has 0 aliphatic carbocycles. The molecule has 0 atom stereocenters. The topological polar surface area (TPSA) is 47.3 Å². The van der Waals surface area contributed by atoms with E-state index in [4.69, 9.17) is 10.5 Å². The molecule has 0 fully saturated rings. The standard InChI is InChI=1S/C8H11BrN2O/c1-11-6-3-5(9)4-7(12-2)8(6)10/h3-4,11H,10H2,1-2H3. The maximum Gasteiger partial charge on any atom is 0.145 e. The maximum absolute atomic E-state index is 5.76. The van der Waals surface area contributed by atoms with Crippen LogP contribution in [-0.2, 0) is 0 Å². The summed E-state index contributed by atoms with van der Waals surface area (Å²) >= 11 is 3.35. The van der Waals surface area contributed by atoms with Gasteiger partial charge in [-0.2, -0.15) is 0 Å². The highest BCUT2D eigenvalue weighted by Gasteiger charge is 2.05. The zero-order valence-electron chi connectivity index (χ0n) is 7.02. The number of ether oxygens (including phenoxy) is 1. The third kappa shape index (κ3) is 1.64. The van der Waals surface area contributed by atoms with Gasteiger partial charge < -0.3 is 15.8 Å². The predicted octanol–water partition coefficient (Wildman–Crippen LogP) is 2.08. The second kappa shape index (κ2) is 3.67. The highest BCUT2D eigenvalue weighted by Crippen LogP contribution is 2.32. The first-order valence-electron chi connectivity index (χ1n) is 3.49. The first-order valence-corrected chi connectivity index (χ1v) is 4.29. The number of anilines is 2. The normalized spacial score (nSPS) is 9.58. The lowest BCUT2D eigenvalue weighted by molar-refractivity contribution is 0.417. The fourth-order valence-electron chi connectivity index (χ4n) is 0.969. The van der Waals surface area contributed by atoms with E-state index in [0.29, 0.717) is 11.4 Å². The Labute approximate surface area is 80.0 Å². The molecular weight excluding hydrogens is 220 g/mol. The summed E-state index contributed by atoms with van der Waals surface area (Å²) in [4.78, 5) is 0. The van der Waals surface area contributed by atoms with Crippen LogP contribution in [0.5, 0.6) is 5.75 Å².